The molecule has 0 bridgehead atoms. The van der Waals surface area contributed by atoms with Crippen LogP contribution in [-0.4, -0.2) is 65.8 Å². The van der Waals surface area contributed by atoms with Crippen molar-refractivity contribution in [2.24, 2.45) is 0 Å². The summed E-state index contributed by atoms with van der Waals surface area (Å²) in [7, 11) is 0. The normalized spacial score (nSPS) is 21.1. The molecule has 0 radical (unpaired) electrons. The van der Waals surface area contributed by atoms with Crippen molar-refractivity contribution < 1.29 is 14.3 Å². The largest absolute Gasteiger partial charge is 0.376 e. The first-order valence-electron chi connectivity index (χ1n) is 10.6. The summed E-state index contributed by atoms with van der Waals surface area (Å²) in [6, 6.07) is 3.66. The number of halogens is 1. The van der Waals surface area contributed by atoms with Crippen molar-refractivity contribution >= 4 is 23.2 Å². The molecule has 2 fully saturated rings. The van der Waals surface area contributed by atoms with E-state index in [4.69, 9.17) is 21.1 Å². The third-order valence-electron chi connectivity index (χ3n) is 5.58. The van der Waals surface area contributed by atoms with Gasteiger partial charge in [-0.05, 0) is 25.0 Å². The Labute approximate surface area is 176 Å². The fourth-order valence-electron chi connectivity index (χ4n) is 4.01. The molecule has 29 heavy (non-hydrogen) atoms. The van der Waals surface area contributed by atoms with E-state index in [2.05, 4.69) is 10.3 Å². The molecule has 4 rings (SSSR count). The Hall–Kier alpha value is -1.67. The molecule has 8 heteroatoms. The molecule has 2 saturated heterocycles. The molecule has 0 spiro atoms. The van der Waals surface area contributed by atoms with E-state index in [0.29, 0.717) is 43.6 Å². The number of carbonyl (C=O) groups excluding carboxylic acids is 1. The maximum Gasteiger partial charge on any atom is 0.274 e. The number of nitrogens with one attached hydrogen (secondary N) is 1. The number of ether oxygens (including phenoxy) is 2. The van der Waals surface area contributed by atoms with E-state index in [1.54, 1.807) is 6.07 Å². The Kier molecular flexibility index (Phi) is 7.02. The number of hydrogen-bond acceptors (Lipinski definition) is 5. The summed E-state index contributed by atoms with van der Waals surface area (Å²) in [6.45, 7) is 4.63. The number of hydrogen-bond donors (Lipinski definition) is 1. The molecule has 0 aliphatic carbocycles. The third kappa shape index (κ3) is 5.09. The Morgan fingerprint density at radius 3 is 2.72 bits per heavy atom. The monoisotopic (exact) mass is 420 g/mol. The first-order valence-corrected chi connectivity index (χ1v) is 11.0. The van der Waals surface area contributed by atoms with Crippen molar-refractivity contribution in [2.75, 3.05) is 39.5 Å². The molecule has 2 aliphatic heterocycles. The average Bonchev–Trinajstić information content (AvgIpc) is 3.06. The van der Waals surface area contributed by atoms with Crippen LogP contribution in [0.1, 0.15) is 48.3 Å². The first kappa shape index (κ1) is 20.6. The van der Waals surface area contributed by atoms with Gasteiger partial charge in [0.1, 0.15) is 5.65 Å². The number of likely N-dealkylation sites (tertiary alicyclic amines) is 1. The molecule has 1 N–H and O–H groups in total. The maximum absolute atomic E-state index is 13.3. The number of rotatable bonds is 5. The van der Waals surface area contributed by atoms with Gasteiger partial charge in [-0.15, -0.1) is 0 Å². The molecular formula is C21H29ClN4O3. The van der Waals surface area contributed by atoms with E-state index in [1.165, 1.54) is 19.3 Å². The van der Waals surface area contributed by atoms with Crippen LogP contribution in [-0.2, 0) is 16.0 Å². The van der Waals surface area contributed by atoms with Gasteiger partial charge in [-0.2, -0.15) is 0 Å². The fraction of sp³-hybridized carbons (Fsp3) is 0.619. The van der Waals surface area contributed by atoms with Gasteiger partial charge in [0.05, 0.1) is 36.6 Å². The second kappa shape index (κ2) is 9.89. The first-order chi connectivity index (χ1) is 14.2. The van der Waals surface area contributed by atoms with E-state index in [-0.39, 0.29) is 12.0 Å². The zero-order valence-corrected chi connectivity index (χ0v) is 17.5. The Morgan fingerprint density at radius 1 is 1.17 bits per heavy atom. The third-order valence-corrected chi connectivity index (χ3v) is 5.80. The lowest BCUT2D eigenvalue weighted by molar-refractivity contribution is -0.0864. The molecule has 2 aromatic rings. The summed E-state index contributed by atoms with van der Waals surface area (Å²) in [4.78, 5) is 20.0. The van der Waals surface area contributed by atoms with Crippen LogP contribution in [0.4, 0.5) is 0 Å². The van der Waals surface area contributed by atoms with Gasteiger partial charge in [-0.3, -0.25) is 4.79 Å². The van der Waals surface area contributed by atoms with Gasteiger partial charge in [0.25, 0.3) is 5.91 Å². The summed E-state index contributed by atoms with van der Waals surface area (Å²) < 4.78 is 13.1. The zero-order valence-electron chi connectivity index (χ0n) is 16.7. The topological polar surface area (TPSA) is 68.1 Å². The van der Waals surface area contributed by atoms with Crippen molar-refractivity contribution in [1.82, 2.24) is 19.6 Å². The predicted octanol–water partition coefficient (Wildman–Crippen LogP) is 2.90. The van der Waals surface area contributed by atoms with Crippen molar-refractivity contribution in [3.8, 4) is 0 Å². The summed E-state index contributed by atoms with van der Waals surface area (Å²) >= 11 is 6.22. The van der Waals surface area contributed by atoms with Crippen LogP contribution in [0, 0.1) is 0 Å². The average molecular weight is 421 g/mol. The smallest absolute Gasteiger partial charge is 0.274 e. The highest BCUT2D eigenvalue weighted by Crippen LogP contribution is 2.20. The number of carbonyl (C=O) groups is 1. The Balaban J connectivity index is 1.54. The van der Waals surface area contributed by atoms with Gasteiger partial charge >= 0.3 is 0 Å². The highest BCUT2D eigenvalue weighted by molar-refractivity contribution is 6.30. The van der Waals surface area contributed by atoms with Crippen LogP contribution >= 0.6 is 11.6 Å². The van der Waals surface area contributed by atoms with Crippen molar-refractivity contribution in [3.63, 3.8) is 0 Å². The number of imidazole rings is 1. The lowest BCUT2D eigenvalue weighted by atomic mass is 10.1. The molecule has 2 aromatic heterocycles. The molecule has 1 amide bonds. The van der Waals surface area contributed by atoms with Crippen LogP contribution < -0.4 is 5.32 Å². The molecule has 0 aromatic carbocycles. The van der Waals surface area contributed by atoms with Crippen molar-refractivity contribution in [2.45, 2.75) is 44.8 Å². The Bertz CT molecular complexity index is 827. The molecule has 7 nitrogen and oxygen atoms in total. The summed E-state index contributed by atoms with van der Waals surface area (Å²) in [5.41, 5.74) is 2.09. The van der Waals surface area contributed by atoms with Crippen LogP contribution in [0.2, 0.25) is 5.02 Å². The van der Waals surface area contributed by atoms with E-state index in [9.17, 15) is 4.79 Å². The maximum atomic E-state index is 13.3. The van der Waals surface area contributed by atoms with Crippen LogP contribution in [0.15, 0.2) is 18.3 Å². The zero-order chi connectivity index (χ0) is 20.1. The number of fused-ring (bicyclic) bond motifs is 1. The lowest BCUT2D eigenvalue weighted by Gasteiger charge is -2.25. The number of pyridine rings is 1. The summed E-state index contributed by atoms with van der Waals surface area (Å²) in [5.74, 6) is 0.0146. The second-order valence-corrected chi connectivity index (χ2v) is 8.18. The molecular weight excluding hydrogens is 392 g/mol. The van der Waals surface area contributed by atoms with Gasteiger partial charge in [0.2, 0.25) is 0 Å². The van der Waals surface area contributed by atoms with Crippen LogP contribution in [0.3, 0.4) is 0 Å². The van der Waals surface area contributed by atoms with E-state index in [1.807, 2.05) is 21.6 Å². The molecule has 158 valence electrons. The summed E-state index contributed by atoms with van der Waals surface area (Å²) in [5, 5.41) is 4.03. The molecule has 1 atom stereocenters. The number of nitrogens with zero attached hydrogens (tertiary/aromatic N) is 3. The minimum Gasteiger partial charge on any atom is -0.376 e. The number of aromatic nitrogens is 2. The molecule has 0 unspecified atom stereocenters. The minimum absolute atomic E-state index is 0.0146. The molecule has 2 aliphatic rings. The lowest BCUT2D eigenvalue weighted by Crippen LogP contribution is -2.38. The van der Waals surface area contributed by atoms with E-state index < -0.39 is 0 Å². The van der Waals surface area contributed by atoms with Gasteiger partial charge < -0.3 is 24.1 Å². The van der Waals surface area contributed by atoms with Gasteiger partial charge in [-0.25, -0.2) is 4.98 Å². The summed E-state index contributed by atoms with van der Waals surface area (Å²) in [6.07, 6.45) is 7.59. The van der Waals surface area contributed by atoms with Gasteiger partial charge in [-0.1, -0.05) is 30.9 Å². The Morgan fingerprint density at radius 2 is 1.97 bits per heavy atom. The quantitative estimate of drug-likeness (QED) is 0.805. The van der Waals surface area contributed by atoms with E-state index in [0.717, 1.165) is 37.3 Å². The SMILES string of the molecule is O=C(c1nc2ccc(Cl)cn2c1CNC[C@H]1COCCO1)N1CCCCCCC1. The van der Waals surface area contributed by atoms with Crippen LogP contribution in [0.5, 0.6) is 0 Å². The predicted molar refractivity (Wildman–Crippen MR) is 111 cm³/mol. The van der Waals surface area contributed by atoms with Crippen LogP contribution in [0.25, 0.3) is 5.65 Å². The van der Waals surface area contributed by atoms with Crippen molar-refractivity contribution in [1.29, 1.82) is 0 Å². The highest BCUT2D eigenvalue weighted by atomic mass is 35.5. The minimum atomic E-state index is 0.0146. The fourth-order valence-corrected chi connectivity index (χ4v) is 4.17. The molecule has 0 saturated carbocycles. The standard InChI is InChI=1S/C21H29ClN4O3/c22-16-6-7-19-24-20(21(27)25-8-4-2-1-3-5-9-25)18(26(19)14-16)13-23-12-17-15-28-10-11-29-17/h6-7,14,17,23H,1-5,8-13,15H2/t17-/m0/s1. The van der Waals surface area contributed by atoms with E-state index >= 15 is 0 Å². The highest BCUT2D eigenvalue weighted by Gasteiger charge is 2.24. The second-order valence-electron chi connectivity index (χ2n) is 7.74. The van der Waals surface area contributed by atoms with Gasteiger partial charge in [0.15, 0.2) is 5.69 Å². The number of amides is 1. The van der Waals surface area contributed by atoms with Gasteiger partial charge in [0, 0.05) is 32.4 Å². The molecule has 4 heterocycles. The van der Waals surface area contributed by atoms with Crippen molar-refractivity contribution in [3.05, 3.63) is 34.7 Å².